The Morgan fingerprint density at radius 2 is 1.68 bits per heavy atom. The van der Waals surface area contributed by atoms with E-state index in [1.165, 1.54) is 6.07 Å². The van der Waals surface area contributed by atoms with Gasteiger partial charge >= 0.3 is 0 Å². The van der Waals surface area contributed by atoms with Crippen molar-refractivity contribution in [3.63, 3.8) is 0 Å². The smallest absolute Gasteiger partial charge is 0.227 e. The lowest BCUT2D eigenvalue weighted by Crippen LogP contribution is -2.49. The third-order valence-electron chi connectivity index (χ3n) is 5.64. The van der Waals surface area contributed by atoms with Crippen molar-refractivity contribution in [2.24, 2.45) is 0 Å². The first kappa shape index (κ1) is 18.4. The van der Waals surface area contributed by atoms with Gasteiger partial charge in [-0.2, -0.15) is 0 Å². The minimum Gasteiger partial charge on any atom is -0.366 e. The van der Waals surface area contributed by atoms with Gasteiger partial charge in [0, 0.05) is 37.3 Å². The van der Waals surface area contributed by atoms with E-state index in [4.69, 9.17) is 0 Å². The second kappa shape index (κ2) is 7.58. The van der Waals surface area contributed by atoms with E-state index < -0.39 is 0 Å². The van der Waals surface area contributed by atoms with Crippen LogP contribution < -0.4 is 4.90 Å². The first-order valence-electron chi connectivity index (χ1n) is 9.66. The van der Waals surface area contributed by atoms with Crippen LogP contribution in [-0.4, -0.2) is 42.0 Å². The highest BCUT2D eigenvalue weighted by atomic mass is 19.1. The summed E-state index contributed by atoms with van der Waals surface area (Å²) in [4.78, 5) is 21.5. The molecule has 1 amide bonds. The molecule has 0 unspecified atom stereocenters. The van der Waals surface area contributed by atoms with E-state index in [0.29, 0.717) is 38.3 Å². The van der Waals surface area contributed by atoms with Crippen molar-refractivity contribution in [2.45, 2.75) is 20.3 Å². The highest BCUT2D eigenvalue weighted by Crippen LogP contribution is 2.24. The molecule has 1 aliphatic heterocycles. The van der Waals surface area contributed by atoms with Crippen LogP contribution in [0.2, 0.25) is 0 Å². The molecule has 144 valence electrons. The molecule has 2 aromatic carbocycles. The molecule has 3 aromatic rings. The van der Waals surface area contributed by atoms with Crippen LogP contribution in [0.1, 0.15) is 16.8 Å². The third kappa shape index (κ3) is 3.44. The number of carbonyl (C=O) groups excluding carboxylic acids is 1. The summed E-state index contributed by atoms with van der Waals surface area (Å²) in [5, 5.41) is 1.10. The number of halogens is 1. The van der Waals surface area contributed by atoms with Crippen molar-refractivity contribution in [1.29, 1.82) is 0 Å². The molecule has 1 aromatic heterocycles. The van der Waals surface area contributed by atoms with E-state index in [9.17, 15) is 9.18 Å². The Morgan fingerprint density at radius 3 is 2.43 bits per heavy atom. The molecule has 2 heterocycles. The van der Waals surface area contributed by atoms with Gasteiger partial charge in [-0.05, 0) is 43.2 Å². The number of aryl methyl sites for hydroxylation is 2. The Labute approximate surface area is 164 Å². The molecule has 0 atom stereocenters. The first-order valence-corrected chi connectivity index (χ1v) is 9.66. The highest BCUT2D eigenvalue weighted by Gasteiger charge is 2.24. The number of carbonyl (C=O) groups is 1. The number of hydrogen-bond acceptors (Lipinski definition) is 3. The average molecular weight is 377 g/mol. The topological polar surface area (TPSA) is 36.4 Å². The van der Waals surface area contributed by atoms with Crippen molar-refractivity contribution < 1.29 is 9.18 Å². The second-order valence-electron chi connectivity index (χ2n) is 7.31. The van der Waals surface area contributed by atoms with E-state index in [2.05, 4.69) is 18.0 Å². The van der Waals surface area contributed by atoms with Crippen LogP contribution >= 0.6 is 0 Å². The molecule has 0 radical (unpaired) electrons. The average Bonchev–Trinajstić information content (AvgIpc) is 2.71. The molecule has 0 aliphatic carbocycles. The fourth-order valence-corrected chi connectivity index (χ4v) is 4.00. The van der Waals surface area contributed by atoms with Crippen molar-refractivity contribution in [3.05, 3.63) is 71.2 Å². The van der Waals surface area contributed by atoms with E-state index in [1.54, 1.807) is 12.1 Å². The number of fused-ring (bicyclic) bond motifs is 1. The maximum Gasteiger partial charge on any atom is 0.227 e. The number of anilines is 1. The number of aromatic nitrogens is 1. The van der Waals surface area contributed by atoms with Crippen LogP contribution in [0, 0.1) is 19.7 Å². The Kier molecular flexibility index (Phi) is 4.99. The van der Waals surface area contributed by atoms with Crippen molar-refractivity contribution in [1.82, 2.24) is 9.88 Å². The fourth-order valence-electron chi connectivity index (χ4n) is 4.00. The van der Waals surface area contributed by atoms with Crippen LogP contribution in [0.4, 0.5) is 10.1 Å². The molecule has 0 N–H and O–H groups in total. The van der Waals surface area contributed by atoms with E-state index >= 15 is 0 Å². The predicted octanol–water partition coefficient (Wildman–Crippen LogP) is 3.88. The molecule has 0 spiro atoms. The Morgan fingerprint density at radius 1 is 1.00 bits per heavy atom. The molecule has 0 saturated carbocycles. The maximum absolute atomic E-state index is 14.0. The molecule has 1 aliphatic rings. The van der Waals surface area contributed by atoms with Crippen LogP contribution in [-0.2, 0) is 11.2 Å². The zero-order valence-corrected chi connectivity index (χ0v) is 16.3. The summed E-state index contributed by atoms with van der Waals surface area (Å²) in [6.07, 6.45) is 0.356. The Hall–Kier alpha value is -2.95. The normalized spacial score (nSPS) is 14.5. The second-order valence-corrected chi connectivity index (χ2v) is 7.31. The number of nitrogens with zero attached hydrogens (tertiary/aromatic N) is 3. The fraction of sp³-hybridized carbons (Fsp3) is 0.304. The number of benzene rings is 2. The molecule has 4 rings (SSSR count). The first-order chi connectivity index (χ1) is 13.5. The van der Waals surface area contributed by atoms with E-state index in [1.807, 2.05) is 41.0 Å². The zero-order valence-electron chi connectivity index (χ0n) is 16.3. The van der Waals surface area contributed by atoms with Gasteiger partial charge in [0.25, 0.3) is 0 Å². The summed E-state index contributed by atoms with van der Waals surface area (Å²) < 4.78 is 14.0. The minimum absolute atomic E-state index is 0.108. The van der Waals surface area contributed by atoms with Gasteiger partial charge < -0.3 is 9.80 Å². The SMILES string of the molecule is Cc1nc2ccccc2c(C)c1CC(=O)N1CCN(c2ccccc2F)CC1. The molecule has 4 nitrogen and oxygen atoms in total. The quantitative estimate of drug-likeness (QED) is 0.695. The van der Waals surface area contributed by atoms with Gasteiger partial charge in [-0.3, -0.25) is 9.78 Å². The van der Waals surface area contributed by atoms with Crippen molar-refractivity contribution in [2.75, 3.05) is 31.1 Å². The number of rotatable bonds is 3. The van der Waals surface area contributed by atoms with Gasteiger partial charge in [-0.1, -0.05) is 30.3 Å². The lowest BCUT2D eigenvalue weighted by Gasteiger charge is -2.36. The monoisotopic (exact) mass is 377 g/mol. The van der Waals surface area contributed by atoms with Gasteiger partial charge in [0.05, 0.1) is 17.6 Å². The summed E-state index contributed by atoms with van der Waals surface area (Å²) in [5.41, 5.74) is 4.63. The van der Waals surface area contributed by atoms with Gasteiger partial charge in [0.15, 0.2) is 0 Å². The highest BCUT2D eigenvalue weighted by molar-refractivity contribution is 5.86. The van der Waals surface area contributed by atoms with Crippen molar-refractivity contribution >= 4 is 22.5 Å². The zero-order chi connectivity index (χ0) is 19.7. The number of pyridine rings is 1. The maximum atomic E-state index is 14.0. The summed E-state index contributed by atoms with van der Waals surface area (Å²) in [6, 6.07) is 14.8. The minimum atomic E-state index is -0.212. The molecule has 28 heavy (non-hydrogen) atoms. The van der Waals surface area contributed by atoms with Gasteiger partial charge in [0.2, 0.25) is 5.91 Å². The van der Waals surface area contributed by atoms with Gasteiger partial charge in [-0.25, -0.2) is 4.39 Å². The lowest BCUT2D eigenvalue weighted by molar-refractivity contribution is -0.130. The van der Waals surface area contributed by atoms with E-state index in [-0.39, 0.29) is 11.7 Å². The van der Waals surface area contributed by atoms with E-state index in [0.717, 1.165) is 27.7 Å². The molecule has 0 bridgehead atoms. The summed E-state index contributed by atoms with van der Waals surface area (Å²) in [7, 11) is 0. The van der Waals surface area contributed by atoms with Gasteiger partial charge in [0.1, 0.15) is 5.82 Å². The Balaban J connectivity index is 1.47. The third-order valence-corrected chi connectivity index (χ3v) is 5.64. The van der Waals surface area contributed by atoms with Crippen LogP contribution in [0.15, 0.2) is 48.5 Å². The predicted molar refractivity (Wildman–Crippen MR) is 110 cm³/mol. The molecule has 1 fully saturated rings. The largest absolute Gasteiger partial charge is 0.366 e. The molecule has 5 heteroatoms. The van der Waals surface area contributed by atoms with Crippen LogP contribution in [0.3, 0.4) is 0 Å². The summed E-state index contributed by atoms with van der Waals surface area (Å²) in [5.74, 6) is -0.104. The Bertz CT molecular complexity index is 1030. The van der Waals surface area contributed by atoms with Crippen LogP contribution in [0.25, 0.3) is 10.9 Å². The number of para-hydroxylation sites is 2. The molecular weight excluding hydrogens is 353 g/mol. The van der Waals surface area contributed by atoms with Crippen molar-refractivity contribution in [3.8, 4) is 0 Å². The summed E-state index contributed by atoms with van der Waals surface area (Å²) in [6.45, 7) is 6.52. The van der Waals surface area contributed by atoms with Crippen LogP contribution in [0.5, 0.6) is 0 Å². The lowest BCUT2D eigenvalue weighted by atomic mass is 9.99. The molecular formula is C23H24FN3O. The number of piperazine rings is 1. The standard InChI is InChI=1S/C23H24FN3O/c1-16-18-7-3-5-9-21(18)25-17(2)19(16)15-23(28)27-13-11-26(12-14-27)22-10-6-4-8-20(22)24/h3-10H,11-15H2,1-2H3. The van der Waals surface area contributed by atoms with Gasteiger partial charge in [-0.15, -0.1) is 0 Å². The number of hydrogen-bond donors (Lipinski definition) is 0. The number of amides is 1. The summed E-state index contributed by atoms with van der Waals surface area (Å²) >= 11 is 0. The molecule has 1 saturated heterocycles.